The van der Waals surface area contributed by atoms with E-state index in [2.05, 4.69) is 28.1 Å². The molecule has 4 rings (SSSR count). The van der Waals surface area contributed by atoms with Gasteiger partial charge >= 0.3 is 0 Å². The number of carbonyl (C=O) groups excluding carboxylic acids is 1. The Kier molecular flexibility index (Phi) is 2.54. The Morgan fingerprint density at radius 3 is 2.55 bits per heavy atom. The highest BCUT2D eigenvalue weighted by molar-refractivity contribution is 9.10. The van der Waals surface area contributed by atoms with Gasteiger partial charge in [0.2, 0.25) is 0 Å². The van der Waals surface area contributed by atoms with Gasteiger partial charge < -0.3 is 0 Å². The lowest BCUT2D eigenvalue weighted by Gasteiger charge is -2.19. The summed E-state index contributed by atoms with van der Waals surface area (Å²) in [6, 6.07) is 18.2. The molecule has 0 amide bonds. The normalized spacial score (nSPS) is 13.2. The molecule has 0 saturated heterocycles. The van der Waals surface area contributed by atoms with Crippen molar-refractivity contribution in [2.75, 3.05) is 0 Å². The third-order valence-electron chi connectivity index (χ3n) is 3.91. The van der Waals surface area contributed by atoms with Crippen molar-refractivity contribution in [2.45, 2.75) is 6.42 Å². The molecule has 20 heavy (non-hydrogen) atoms. The van der Waals surface area contributed by atoms with Crippen LogP contribution < -0.4 is 0 Å². The zero-order chi connectivity index (χ0) is 13.7. The second kappa shape index (κ2) is 4.29. The van der Waals surface area contributed by atoms with Gasteiger partial charge in [-0.1, -0.05) is 52.3 Å². The van der Waals surface area contributed by atoms with Crippen LogP contribution in [0.15, 0.2) is 59.1 Å². The molecule has 0 heterocycles. The molecule has 0 radical (unpaired) electrons. The van der Waals surface area contributed by atoms with Crippen molar-refractivity contribution in [3.05, 3.63) is 81.3 Å². The number of hydrogen-bond donors (Lipinski definition) is 0. The van der Waals surface area contributed by atoms with Gasteiger partial charge in [0, 0.05) is 15.6 Å². The Hall–Kier alpha value is -1.93. The largest absolute Gasteiger partial charge is 0.289 e. The fraction of sp³-hybridized carbons (Fsp3) is 0.0556. The van der Waals surface area contributed by atoms with Crippen molar-refractivity contribution in [3.63, 3.8) is 0 Å². The molecule has 0 fully saturated rings. The van der Waals surface area contributed by atoms with Crippen molar-refractivity contribution < 1.29 is 4.79 Å². The summed E-state index contributed by atoms with van der Waals surface area (Å²) >= 11 is 3.50. The van der Waals surface area contributed by atoms with Crippen molar-refractivity contribution in [2.24, 2.45) is 0 Å². The Labute approximate surface area is 125 Å². The van der Waals surface area contributed by atoms with Gasteiger partial charge in [-0.2, -0.15) is 0 Å². The number of fused-ring (bicyclic) bond motifs is 3. The topological polar surface area (TPSA) is 17.1 Å². The van der Waals surface area contributed by atoms with Crippen LogP contribution >= 0.6 is 15.9 Å². The molecule has 0 bridgehead atoms. The van der Waals surface area contributed by atoms with Crippen LogP contribution in [0.3, 0.4) is 0 Å². The molecule has 0 spiro atoms. The van der Waals surface area contributed by atoms with E-state index < -0.39 is 0 Å². The van der Waals surface area contributed by atoms with Crippen molar-refractivity contribution in [1.82, 2.24) is 0 Å². The average Bonchev–Trinajstić information content (AvgIpc) is 2.46. The second-order valence-corrected chi connectivity index (χ2v) is 6.08. The molecule has 1 aliphatic carbocycles. The van der Waals surface area contributed by atoms with E-state index in [1.165, 1.54) is 5.39 Å². The Morgan fingerprint density at radius 1 is 0.800 bits per heavy atom. The smallest absolute Gasteiger partial charge is 0.193 e. The number of benzene rings is 3. The van der Waals surface area contributed by atoms with Crippen LogP contribution in [0.25, 0.3) is 10.8 Å². The average molecular weight is 323 g/mol. The lowest BCUT2D eigenvalue weighted by atomic mass is 9.84. The van der Waals surface area contributed by atoms with E-state index in [-0.39, 0.29) is 5.78 Å². The molecular formula is C18H11BrO. The molecule has 0 atom stereocenters. The zero-order valence-corrected chi connectivity index (χ0v) is 12.3. The van der Waals surface area contributed by atoms with Crippen LogP contribution in [0.2, 0.25) is 0 Å². The Bertz CT molecular complexity index is 864. The van der Waals surface area contributed by atoms with Gasteiger partial charge in [0.1, 0.15) is 0 Å². The first-order valence-electron chi connectivity index (χ1n) is 6.57. The number of halogens is 1. The highest BCUT2D eigenvalue weighted by atomic mass is 79.9. The third-order valence-corrected chi connectivity index (χ3v) is 4.41. The number of carbonyl (C=O) groups is 1. The van der Waals surface area contributed by atoms with E-state index in [1.807, 2.05) is 42.5 Å². The van der Waals surface area contributed by atoms with Gasteiger partial charge in [-0.3, -0.25) is 4.79 Å². The fourth-order valence-corrected chi connectivity index (χ4v) is 3.30. The first-order valence-corrected chi connectivity index (χ1v) is 7.36. The lowest BCUT2D eigenvalue weighted by Crippen LogP contribution is -2.14. The Balaban J connectivity index is 1.99. The maximum absolute atomic E-state index is 12.6. The van der Waals surface area contributed by atoms with Crippen LogP contribution in [0.1, 0.15) is 27.0 Å². The summed E-state index contributed by atoms with van der Waals surface area (Å²) in [7, 11) is 0. The summed E-state index contributed by atoms with van der Waals surface area (Å²) in [4.78, 5) is 12.6. The summed E-state index contributed by atoms with van der Waals surface area (Å²) < 4.78 is 1.06. The third kappa shape index (κ3) is 1.72. The molecule has 0 unspecified atom stereocenters. The van der Waals surface area contributed by atoms with Crippen LogP contribution in [0.4, 0.5) is 0 Å². The minimum absolute atomic E-state index is 0.145. The van der Waals surface area contributed by atoms with Gasteiger partial charge in [0.05, 0.1) is 0 Å². The molecular weight excluding hydrogens is 312 g/mol. The highest BCUT2D eigenvalue weighted by Crippen LogP contribution is 2.31. The van der Waals surface area contributed by atoms with Gasteiger partial charge in [-0.05, 0) is 46.5 Å². The predicted octanol–water partition coefficient (Wildman–Crippen LogP) is 4.74. The first kappa shape index (κ1) is 11.9. The molecule has 0 aromatic heterocycles. The maximum atomic E-state index is 12.6. The van der Waals surface area contributed by atoms with E-state index in [9.17, 15) is 4.79 Å². The predicted molar refractivity (Wildman–Crippen MR) is 84.3 cm³/mol. The Morgan fingerprint density at radius 2 is 1.65 bits per heavy atom. The SMILES string of the molecule is O=C1c2ccccc2Cc2cc3cc(Br)ccc3cc21. The second-order valence-electron chi connectivity index (χ2n) is 5.16. The monoisotopic (exact) mass is 322 g/mol. The van der Waals surface area contributed by atoms with E-state index in [0.717, 1.165) is 38.5 Å². The van der Waals surface area contributed by atoms with E-state index in [0.29, 0.717) is 0 Å². The van der Waals surface area contributed by atoms with Crippen molar-refractivity contribution in [1.29, 1.82) is 0 Å². The van der Waals surface area contributed by atoms with Gasteiger partial charge in [0.25, 0.3) is 0 Å². The van der Waals surface area contributed by atoms with Crippen LogP contribution in [-0.4, -0.2) is 5.78 Å². The van der Waals surface area contributed by atoms with Crippen LogP contribution in [-0.2, 0) is 6.42 Å². The maximum Gasteiger partial charge on any atom is 0.193 e. The summed E-state index contributed by atoms with van der Waals surface area (Å²) in [6.07, 6.45) is 0.833. The van der Waals surface area contributed by atoms with E-state index >= 15 is 0 Å². The van der Waals surface area contributed by atoms with Gasteiger partial charge in [-0.25, -0.2) is 0 Å². The molecule has 3 aromatic rings. The highest BCUT2D eigenvalue weighted by Gasteiger charge is 2.23. The quantitative estimate of drug-likeness (QED) is 0.457. The van der Waals surface area contributed by atoms with E-state index in [4.69, 9.17) is 0 Å². The number of ketones is 1. The molecule has 0 aliphatic heterocycles. The minimum Gasteiger partial charge on any atom is -0.289 e. The number of rotatable bonds is 0. The number of hydrogen-bond acceptors (Lipinski definition) is 1. The van der Waals surface area contributed by atoms with Gasteiger partial charge in [-0.15, -0.1) is 0 Å². The molecule has 1 nitrogen and oxygen atoms in total. The van der Waals surface area contributed by atoms with Crippen LogP contribution in [0.5, 0.6) is 0 Å². The molecule has 1 aliphatic rings. The molecule has 3 aromatic carbocycles. The summed E-state index contributed by atoms with van der Waals surface area (Å²) in [5.41, 5.74) is 3.94. The summed E-state index contributed by atoms with van der Waals surface area (Å²) in [5, 5.41) is 2.28. The first-order chi connectivity index (χ1) is 9.72. The molecule has 96 valence electrons. The molecule has 0 N–H and O–H groups in total. The summed E-state index contributed by atoms with van der Waals surface area (Å²) in [5.74, 6) is 0.145. The van der Waals surface area contributed by atoms with Crippen molar-refractivity contribution in [3.8, 4) is 0 Å². The van der Waals surface area contributed by atoms with Crippen LogP contribution in [0, 0.1) is 0 Å². The van der Waals surface area contributed by atoms with Gasteiger partial charge in [0.15, 0.2) is 5.78 Å². The molecule has 0 saturated carbocycles. The summed E-state index contributed by atoms with van der Waals surface area (Å²) in [6.45, 7) is 0. The minimum atomic E-state index is 0.145. The van der Waals surface area contributed by atoms with Crippen molar-refractivity contribution >= 4 is 32.5 Å². The standard InChI is InChI=1S/C18H11BrO/c19-15-6-5-11-10-17-14(8-13(11)9-15)7-12-3-1-2-4-16(12)18(17)20/h1-6,8-10H,7H2. The zero-order valence-electron chi connectivity index (χ0n) is 10.7. The lowest BCUT2D eigenvalue weighted by molar-refractivity contribution is 0.103. The fourth-order valence-electron chi connectivity index (χ4n) is 2.92. The molecule has 2 heteroatoms. The van der Waals surface area contributed by atoms with E-state index in [1.54, 1.807) is 0 Å².